The molecule has 1 aliphatic carbocycles. The number of piperidine rings is 1. The fourth-order valence-electron chi connectivity index (χ4n) is 4.11. The molecule has 4 rings (SSSR count). The summed E-state index contributed by atoms with van der Waals surface area (Å²) in [7, 11) is 0. The molecule has 4 heteroatoms. The molecule has 2 unspecified atom stereocenters. The lowest BCUT2D eigenvalue weighted by atomic mass is 9.98. The second kappa shape index (κ2) is 4.32. The van der Waals surface area contributed by atoms with Gasteiger partial charge in [0.2, 0.25) is 0 Å². The second-order valence-corrected chi connectivity index (χ2v) is 7.38. The molecule has 1 aromatic heterocycles. The molecule has 3 heterocycles. The molecule has 0 saturated carbocycles. The Hall–Kier alpha value is -0.870. The maximum Gasteiger partial charge on any atom is 0.264 e. The lowest BCUT2D eigenvalue weighted by Crippen LogP contribution is -2.49. The van der Waals surface area contributed by atoms with E-state index in [4.69, 9.17) is 5.73 Å². The standard InChI is InChI=1S/C15H20N2OS/c16-10-7-11-4-5-12(8-10)17(11)15(18)14-6-9-2-1-3-13(9)19-14/h6,10-12H,1-5,7-8,16H2. The Morgan fingerprint density at radius 1 is 1.26 bits per heavy atom. The van der Waals surface area contributed by atoms with Crippen molar-refractivity contribution < 1.29 is 4.79 Å². The molecule has 102 valence electrons. The number of aryl methyl sites for hydroxylation is 2. The van der Waals surface area contributed by atoms with Crippen LogP contribution in [-0.2, 0) is 12.8 Å². The van der Waals surface area contributed by atoms with Crippen molar-refractivity contribution in [2.45, 2.75) is 63.1 Å². The minimum absolute atomic E-state index is 0.277. The van der Waals surface area contributed by atoms with Gasteiger partial charge in [-0.3, -0.25) is 4.79 Å². The average Bonchev–Trinajstić information content (AvgIpc) is 3.00. The summed E-state index contributed by atoms with van der Waals surface area (Å²) >= 11 is 1.73. The Balaban J connectivity index is 1.60. The van der Waals surface area contributed by atoms with Gasteiger partial charge in [-0.1, -0.05) is 0 Å². The predicted molar refractivity (Wildman–Crippen MR) is 76.5 cm³/mol. The third-order valence-electron chi connectivity index (χ3n) is 4.96. The molecule has 3 aliphatic rings. The maximum atomic E-state index is 12.8. The van der Waals surface area contributed by atoms with E-state index in [1.54, 1.807) is 11.3 Å². The van der Waals surface area contributed by atoms with Crippen LogP contribution in [0.4, 0.5) is 0 Å². The summed E-state index contributed by atoms with van der Waals surface area (Å²) in [6.45, 7) is 0. The monoisotopic (exact) mass is 276 g/mol. The fraction of sp³-hybridized carbons (Fsp3) is 0.667. The molecule has 19 heavy (non-hydrogen) atoms. The van der Waals surface area contributed by atoms with Crippen LogP contribution in [-0.4, -0.2) is 28.9 Å². The maximum absolute atomic E-state index is 12.8. The highest BCUT2D eigenvalue weighted by Crippen LogP contribution is 2.38. The molecule has 0 spiro atoms. The first-order valence-electron chi connectivity index (χ1n) is 7.42. The highest BCUT2D eigenvalue weighted by Gasteiger charge is 2.42. The molecule has 2 aliphatic heterocycles. The number of thiophene rings is 1. The van der Waals surface area contributed by atoms with E-state index in [1.807, 2.05) is 0 Å². The van der Waals surface area contributed by atoms with E-state index >= 15 is 0 Å². The van der Waals surface area contributed by atoms with Gasteiger partial charge in [-0.15, -0.1) is 11.3 Å². The minimum Gasteiger partial charge on any atom is -0.332 e. The topological polar surface area (TPSA) is 46.3 Å². The lowest BCUT2D eigenvalue weighted by Gasteiger charge is -2.37. The summed E-state index contributed by atoms with van der Waals surface area (Å²) in [5.74, 6) is 0.277. The number of amides is 1. The number of carbonyl (C=O) groups is 1. The van der Waals surface area contributed by atoms with Crippen molar-refractivity contribution in [3.05, 3.63) is 21.4 Å². The number of fused-ring (bicyclic) bond motifs is 3. The van der Waals surface area contributed by atoms with Gasteiger partial charge in [0.05, 0.1) is 4.88 Å². The van der Waals surface area contributed by atoms with E-state index < -0.39 is 0 Å². The van der Waals surface area contributed by atoms with E-state index in [1.165, 1.54) is 23.3 Å². The van der Waals surface area contributed by atoms with Gasteiger partial charge >= 0.3 is 0 Å². The van der Waals surface area contributed by atoms with Crippen molar-refractivity contribution in [3.63, 3.8) is 0 Å². The summed E-state index contributed by atoms with van der Waals surface area (Å²) in [6, 6.07) is 3.26. The quantitative estimate of drug-likeness (QED) is 0.855. The summed E-state index contributed by atoms with van der Waals surface area (Å²) in [6.07, 6.45) is 7.88. The molecule has 0 aromatic carbocycles. The first-order valence-corrected chi connectivity index (χ1v) is 8.24. The molecule has 0 radical (unpaired) electrons. The van der Waals surface area contributed by atoms with Gasteiger partial charge in [-0.05, 0) is 56.6 Å². The number of nitrogens with zero attached hydrogens (tertiary/aromatic N) is 1. The number of rotatable bonds is 1. The smallest absolute Gasteiger partial charge is 0.264 e. The van der Waals surface area contributed by atoms with Crippen LogP contribution in [0.3, 0.4) is 0 Å². The highest BCUT2D eigenvalue weighted by molar-refractivity contribution is 7.14. The third kappa shape index (κ3) is 1.84. The number of hydrogen-bond acceptors (Lipinski definition) is 3. The summed E-state index contributed by atoms with van der Waals surface area (Å²) in [5.41, 5.74) is 7.51. The van der Waals surface area contributed by atoms with E-state index in [-0.39, 0.29) is 5.91 Å². The zero-order valence-corrected chi connectivity index (χ0v) is 11.9. The Morgan fingerprint density at radius 2 is 2.00 bits per heavy atom. The Labute approximate surface area is 117 Å². The van der Waals surface area contributed by atoms with E-state index in [0.717, 1.165) is 37.0 Å². The van der Waals surface area contributed by atoms with Gasteiger partial charge in [-0.25, -0.2) is 0 Å². The van der Waals surface area contributed by atoms with Crippen molar-refractivity contribution in [2.75, 3.05) is 0 Å². The van der Waals surface area contributed by atoms with Gasteiger partial charge in [-0.2, -0.15) is 0 Å². The van der Waals surface area contributed by atoms with Crippen LogP contribution in [0.2, 0.25) is 0 Å². The Bertz CT molecular complexity index is 489. The molecular formula is C15H20N2OS. The van der Waals surface area contributed by atoms with Crippen LogP contribution < -0.4 is 5.73 Å². The van der Waals surface area contributed by atoms with Crippen LogP contribution in [0, 0.1) is 0 Å². The van der Waals surface area contributed by atoms with Gasteiger partial charge < -0.3 is 10.6 Å². The van der Waals surface area contributed by atoms with Crippen molar-refractivity contribution >= 4 is 17.2 Å². The average molecular weight is 276 g/mol. The second-order valence-electron chi connectivity index (χ2n) is 6.24. The third-order valence-corrected chi connectivity index (χ3v) is 6.19. The van der Waals surface area contributed by atoms with Crippen molar-refractivity contribution in [1.82, 2.24) is 4.90 Å². The summed E-state index contributed by atoms with van der Waals surface area (Å²) in [5, 5.41) is 0. The predicted octanol–water partition coefficient (Wildman–Crippen LogP) is 2.33. The molecule has 2 bridgehead atoms. The number of nitrogens with two attached hydrogens (primary N) is 1. The van der Waals surface area contributed by atoms with Gasteiger partial charge in [0.1, 0.15) is 0 Å². The van der Waals surface area contributed by atoms with E-state index in [9.17, 15) is 4.79 Å². The fourth-order valence-corrected chi connectivity index (χ4v) is 5.31. The SMILES string of the molecule is NC1CC2CCC(C1)N2C(=O)c1cc2c(s1)CCC2. The Kier molecular flexibility index (Phi) is 2.71. The molecule has 1 aromatic rings. The zero-order valence-electron chi connectivity index (χ0n) is 11.1. The number of carbonyl (C=O) groups excluding carboxylic acids is 1. The van der Waals surface area contributed by atoms with Crippen molar-refractivity contribution in [3.8, 4) is 0 Å². The van der Waals surface area contributed by atoms with Crippen molar-refractivity contribution in [2.24, 2.45) is 5.73 Å². The molecule has 1 amide bonds. The molecule has 2 N–H and O–H groups in total. The van der Waals surface area contributed by atoms with Gasteiger partial charge in [0, 0.05) is 23.0 Å². The molecular weight excluding hydrogens is 256 g/mol. The first kappa shape index (κ1) is 11.9. The van der Waals surface area contributed by atoms with E-state index in [0.29, 0.717) is 18.1 Å². The van der Waals surface area contributed by atoms with E-state index in [2.05, 4.69) is 11.0 Å². The minimum atomic E-state index is 0.277. The largest absolute Gasteiger partial charge is 0.332 e. The molecule has 3 nitrogen and oxygen atoms in total. The van der Waals surface area contributed by atoms with Crippen LogP contribution in [0.5, 0.6) is 0 Å². The number of hydrogen-bond donors (Lipinski definition) is 1. The zero-order chi connectivity index (χ0) is 13.0. The Morgan fingerprint density at radius 3 is 2.68 bits per heavy atom. The molecule has 2 fully saturated rings. The van der Waals surface area contributed by atoms with Crippen LogP contribution >= 0.6 is 11.3 Å². The van der Waals surface area contributed by atoms with Crippen molar-refractivity contribution in [1.29, 1.82) is 0 Å². The van der Waals surface area contributed by atoms with Crippen LogP contribution in [0.1, 0.15) is 52.2 Å². The van der Waals surface area contributed by atoms with Crippen LogP contribution in [0.25, 0.3) is 0 Å². The molecule has 2 atom stereocenters. The normalized spacial score (nSPS) is 32.7. The highest BCUT2D eigenvalue weighted by atomic mass is 32.1. The van der Waals surface area contributed by atoms with Gasteiger partial charge in [0.25, 0.3) is 5.91 Å². The first-order chi connectivity index (χ1) is 9.22. The van der Waals surface area contributed by atoms with Gasteiger partial charge in [0.15, 0.2) is 0 Å². The molecule has 2 saturated heterocycles. The lowest BCUT2D eigenvalue weighted by molar-refractivity contribution is 0.0580. The summed E-state index contributed by atoms with van der Waals surface area (Å²) in [4.78, 5) is 17.3. The van der Waals surface area contributed by atoms with Crippen LogP contribution in [0.15, 0.2) is 6.07 Å². The summed E-state index contributed by atoms with van der Waals surface area (Å²) < 4.78 is 0.